The number of hydrogen-bond acceptors (Lipinski definition) is 3. The Morgan fingerprint density at radius 1 is 0.633 bits per heavy atom. The van der Waals surface area contributed by atoms with Gasteiger partial charge in [0.2, 0.25) is 0 Å². The highest BCUT2D eigenvalue weighted by Gasteiger charge is 2.43. The number of unbranched alkanes of at least 4 members (excludes halogenated alkanes) is 2. The van der Waals surface area contributed by atoms with Crippen molar-refractivity contribution in [1.29, 1.82) is 0 Å². The molecule has 0 aliphatic carbocycles. The summed E-state index contributed by atoms with van der Waals surface area (Å²) in [7, 11) is 0. The molecule has 14 heteroatoms. The summed E-state index contributed by atoms with van der Waals surface area (Å²) < 4.78 is 171. The van der Waals surface area contributed by atoms with Crippen molar-refractivity contribution in [1.82, 2.24) is 0 Å². The van der Waals surface area contributed by atoms with E-state index in [9.17, 15) is 39.5 Å². The van der Waals surface area contributed by atoms with Gasteiger partial charge in [-0.2, -0.15) is 22.0 Å². The zero-order valence-electron chi connectivity index (χ0n) is 25.6. The fourth-order valence-electron chi connectivity index (χ4n) is 5.50. The molecule has 0 radical (unpaired) electrons. The van der Waals surface area contributed by atoms with Crippen LogP contribution in [0.3, 0.4) is 0 Å². The fourth-order valence-corrected chi connectivity index (χ4v) is 5.50. The van der Waals surface area contributed by atoms with Crippen LogP contribution < -0.4 is 4.74 Å². The maximum absolute atomic E-state index is 15.2. The molecule has 5 rings (SSSR count). The van der Waals surface area contributed by atoms with Gasteiger partial charge in [0.15, 0.2) is 6.29 Å². The molecule has 0 aromatic heterocycles. The third-order valence-electron chi connectivity index (χ3n) is 7.92. The van der Waals surface area contributed by atoms with Crippen molar-refractivity contribution in [2.24, 2.45) is 5.92 Å². The first-order valence-corrected chi connectivity index (χ1v) is 15.0. The number of alkyl halides is 5. The van der Waals surface area contributed by atoms with E-state index in [-0.39, 0.29) is 29.2 Å². The van der Waals surface area contributed by atoms with Gasteiger partial charge in [-0.15, -0.1) is 0 Å². The first-order chi connectivity index (χ1) is 23.1. The predicted molar refractivity (Wildman–Crippen MR) is 155 cm³/mol. The lowest BCUT2D eigenvalue weighted by Crippen LogP contribution is -2.27. The van der Waals surface area contributed by atoms with Crippen molar-refractivity contribution in [2.75, 3.05) is 13.2 Å². The molecule has 3 nitrogen and oxygen atoms in total. The minimum Gasteiger partial charge on any atom is -0.429 e. The Labute approximate surface area is 273 Å². The van der Waals surface area contributed by atoms with Crippen molar-refractivity contribution in [3.63, 3.8) is 0 Å². The van der Waals surface area contributed by atoms with Crippen LogP contribution in [0.1, 0.15) is 55.6 Å². The molecule has 1 fully saturated rings. The average molecular weight is 705 g/mol. The number of rotatable bonds is 10. The molecule has 0 unspecified atom stereocenters. The molecule has 262 valence electrons. The summed E-state index contributed by atoms with van der Waals surface area (Å²) in [5, 5.41) is 0. The van der Waals surface area contributed by atoms with Crippen molar-refractivity contribution >= 4 is 0 Å². The summed E-state index contributed by atoms with van der Waals surface area (Å²) in [6.45, 7) is 3.01. The topological polar surface area (TPSA) is 27.7 Å². The first-order valence-electron chi connectivity index (χ1n) is 15.0. The molecule has 0 amide bonds. The van der Waals surface area contributed by atoms with Crippen LogP contribution in [-0.4, -0.2) is 13.2 Å². The molecule has 49 heavy (non-hydrogen) atoms. The van der Waals surface area contributed by atoms with Crippen LogP contribution >= 0.6 is 0 Å². The molecule has 0 saturated carbocycles. The number of ether oxygens (including phenoxy) is 3. The lowest BCUT2D eigenvalue weighted by Gasteiger charge is -2.29. The summed E-state index contributed by atoms with van der Waals surface area (Å²) in [5.74, 6) is -11.7. The molecule has 1 saturated heterocycles. The SMILES string of the molecule is CCCCCC1COC(c2ccc(-c3ccc(-c4cc(F)c(C(F)(F)Oc5cc(F)c(C(F)(F)F)c(F)c5)c(F)c4)c(F)c3)c(F)c2)OC1. The van der Waals surface area contributed by atoms with E-state index < -0.39 is 81.5 Å². The minimum atomic E-state index is -5.51. The molecule has 1 aliphatic heterocycles. The molecular weight excluding hydrogens is 677 g/mol. The van der Waals surface area contributed by atoms with Crippen LogP contribution in [0.2, 0.25) is 0 Å². The first kappa shape index (κ1) is 36.1. The monoisotopic (exact) mass is 704 g/mol. The van der Waals surface area contributed by atoms with Gasteiger partial charge < -0.3 is 14.2 Å². The standard InChI is InChI=1S/C35H27F11O3/c1-2-3-4-5-18-16-47-33(48-17-18)20-7-9-23(26(37)11-20)19-6-8-24(25(36)10-19)21-12-27(38)32(28(39)13-21)35(45,46)49-22-14-29(40)31(30(41)15-22)34(42,43)44/h6-15,18,33H,2-5,16-17H2,1H3. The van der Waals surface area contributed by atoms with E-state index in [1.807, 2.05) is 0 Å². The Morgan fingerprint density at radius 3 is 1.71 bits per heavy atom. The number of benzene rings is 4. The Morgan fingerprint density at radius 2 is 1.16 bits per heavy atom. The van der Waals surface area contributed by atoms with Gasteiger partial charge in [-0.3, -0.25) is 0 Å². The van der Waals surface area contributed by atoms with Crippen molar-refractivity contribution in [3.05, 3.63) is 112 Å². The van der Waals surface area contributed by atoms with E-state index >= 15 is 8.78 Å². The van der Waals surface area contributed by atoms with Crippen LogP contribution in [0, 0.1) is 40.8 Å². The van der Waals surface area contributed by atoms with Crippen LogP contribution in [0.5, 0.6) is 5.75 Å². The molecule has 1 aliphatic rings. The summed E-state index contributed by atoms with van der Waals surface area (Å²) >= 11 is 0. The third-order valence-corrected chi connectivity index (χ3v) is 7.92. The van der Waals surface area contributed by atoms with Gasteiger partial charge in [0.25, 0.3) is 0 Å². The smallest absolute Gasteiger partial charge is 0.429 e. The van der Waals surface area contributed by atoms with Crippen LogP contribution in [-0.2, 0) is 21.8 Å². The third kappa shape index (κ3) is 8.01. The molecule has 4 aromatic rings. The highest BCUT2D eigenvalue weighted by Crippen LogP contribution is 2.41. The van der Waals surface area contributed by atoms with Gasteiger partial charge >= 0.3 is 12.3 Å². The largest absolute Gasteiger partial charge is 0.432 e. The Bertz CT molecular complexity index is 1770. The van der Waals surface area contributed by atoms with Crippen molar-refractivity contribution < 1.29 is 62.5 Å². The quantitative estimate of drug-likeness (QED) is 0.122. The highest BCUT2D eigenvalue weighted by atomic mass is 19.4. The van der Waals surface area contributed by atoms with E-state index in [0.717, 1.165) is 37.8 Å². The second kappa shape index (κ2) is 14.4. The second-order valence-electron chi connectivity index (χ2n) is 11.5. The summed E-state index contributed by atoms with van der Waals surface area (Å²) in [5.41, 5.74) is -5.03. The van der Waals surface area contributed by atoms with Crippen LogP contribution in [0.15, 0.2) is 60.7 Å². The van der Waals surface area contributed by atoms with Crippen LogP contribution in [0.4, 0.5) is 48.3 Å². The predicted octanol–water partition coefficient (Wildman–Crippen LogP) is 11.2. The molecule has 0 N–H and O–H groups in total. The van der Waals surface area contributed by atoms with E-state index in [1.54, 1.807) is 6.07 Å². The van der Waals surface area contributed by atoms with Gasteiger partial charge in [-0.1, -0.05) is 50.5 Å². The number of hydrogen-bond donors (Lipinski definition) is 0. The average Bonchev–Trinajstić information content (AvgIpc) is 2.99. The second-order valence-corrected chi connectivity index (χ2v) is 11.5. The molecule has 0 atom stereocenters. The van der Waals surface area contributed by atoms with Gasteiger partial charge in [0.05, 0.1) is 13.2 Å². The van der Waals surface area contributed by atoms with Gasteiger partial charge in [0, 0.05) is 34.7 Å². The maximum atomic E-state index is 15.2. The van der Waals surface area contributed by atoms with Gasteiger partial charge in [-0.05, 0) is 41.8 Å². The van der Waals surface area contributed by atoms with Crippen molar-refractivity contribution in [2.45, 2.75) is 51.2 Å². The van der Waals surface area contributed by atoms with E-state index in [0.29, 0.717) is 30.9 Å². The Kier molecular flexibility index (Phi) is 10.6. The van der Waals surface area contributed by atoms with Crippen molar-refractivity contribution in [3.8, 4) is 28.0 Å². The van der Waals surface area contributed by atoms with Gasteiger partial charge in [0.1, 0.15) is 51.8 Å². The summed E-state index contributed by atoms with van der Waals surface area (Å²) in [6, 6.07) is 7.47. The molecule has 0 bridgehead atoms. The Hall–Kier alpha value is -4.17. The van der Waals surface area contributed by atoms with Gasteiger partial charge in [-0.25, -0.2) is 26.3 Å². The fraction of sp³-hybridized carbons (Fsp3) is 0.314. The molecular formula is C35H27F11O3. The maximum Gasteiger partial charge on any atom is 0.432 e. The van der Waals surface area contributed by atoms with E-state index in [2.05, 4.69) is 11.7 Å². The summed E-state index contributed by atoms with van der Waals surface area (Å²) in [6.07, 6.45) is -7.07. The van der Waals surface area contributed by atoms with E-state index in [1.165, 1.54) is 18.2 Å². The lowest BCUT2D eigenvalue weighted by atomic mass is 9.97. The van der Waals surface area contributed by atoms with E-state index in [4.69, 9.17) is 9.47 Å². The summed E-state index contributed by atoms with van der Waals surface area (Å²) in [4.78, 5) is 0. The zero-order chi connectivity index (χ0) is 35.7. The number of halogens is 11. The lowest BCUT2D eigenvalue weighted by molar-refractivity contribution is -0.206. The molecule has 4 aromatic carbocycles. The molecule has 1 heterocycles. The Balaban J connectivity index is 1.33. The normalized spacial score (nSPS) is 17.0. The zero-order valence-corrected chi connectivity index (χ0v) is 25.6. The highest BCUT2D eigenvalue weighted by molar-refractivity contribution is 5.72. The minimum absolute atomic E-state index is 0.0249. The van der Waals surface area contributed by atoms with Crippen LogP contribution in [0.25, 0.3) is 22.3 Å². The molecule has 0 spiro atoms.